The predicted molar refractivity (Wildman–Crippen MR) is 74.1 cm³/mol. The Kier molecular flexibility index (Phi) is 2.36. The molecule has 0 aromatic heterocycles. The van der Waals surface area contributed by atoms with Gasteiger partial charge in [-0.15, -0.1) is 0 Å². The quantitative estimate of drug-likeness (QED) is 0.834. The van der Waals surface area contributed by atoms with Crippen LogP contribution in [0.4, 0.5) is 0 Å². The molecule has 100 valence electrons. The van der Waals surface area contributed by atoms with Crippen molar-refractivity contribution < 1.29 is 5.11 Å². The van der Waals surface area contributed by atoms with Crippen molar-refractivity contribution in [3.05, 3.63) is 29.8 Å². The van der Waals surface area contributed by atoms with Crippen molar-refractivity contribution in [1.29, 1.82) is 0 Å². The first kappa shape index (κ1) is 11.3. The van der Waals surface area contributed by atoms with Crippen LogP contribution in [-0.4, -0.2) is 46.9 Å². The molecule has 0 radical (unpaired) electrons. The van der Waals surface area contributed by atoms with Gasteiger partial charge in [0, 0.05) is 13.0 Å². The second-order valence-corrected chi connectivity index (χ2v) is 5.89. The number of aromatic hydroxyl groups is 1. The first-order valence-corrected chi connectivity index (χ1v) is 7.08. The number of hydrazone groups is 1. The molecule has 0 spiro atoms. The smallest absolute Gasteiger partial charge is 0.115 e. The maximum absolute atomic E-state index is 9.72. The topological polar surface area (TPSA) is 39.1 Å². The molecule has 2 bridgehead atoms. The van der Waals surface area contributed by atoms with Gasteiger partial charge in [0.25, 0.3) is 0 Å². The third-order valence-electron chi connectivity index (χ3n) is 4.83. The first-order valence-electron chi connectivity index (χ1n) is 7.08. The van der Waals surface area contributed by atoms with Crippen LogP contribution in [0.25, 0.3) is 0 Å². The summed E-state index contributed by atoms with van der Waals surface area (Å²) in [7, 11) is 2.06. The molecule has 1 N–H and O–H groups in total. The van der Waals surface area contributed by atoms with E-state index in [1.54, 1.807) is 6.07 Å². The van der Waals surface area contributed by atoms with Crippen molar-refractivity contribution in [3.8, 4) is 5.75 Å². The average molecular weight is 257 g/mol. The lowest BCUT2D eigenvalue weighted by Gasteiger charge is -2.46. The lowest BCUT2D eigenvalue weighted by atomic mass is 9.78. The number of fused-ring (bicyclic) bond motifs is 2. The van der Waals surface area contributed by atoms with E-state index in [2.05, 4.69) is 23.0 Å². The van der Waals surface area contributed by atoms with E-state index in [1.807, 2.05) is 12.1 Å². The molecule has 4 heteroatoms. The molecule has 1 aromatic carbocycles. The second-order valence-electron chi connectivity index (χ2n) is 5.89. The number of rotatable bonds is 1. The molecule has 4 aliphatic heterocycles. The van der Waals surface area contributed by atoms with Gasteiger partial charge in [-0.2, -0.15) is 5.10 Å². The number of phenolic OH excluding ortho intramolecular Hbond substituents is 1. The number of benzene rings is 1. The molecule has 0 saturated carbocycles. The van der Waals surface area contributed by atoms with Crippen LogP contribution in [0, 0.1) is 5.92 Å². The minimum atomic E-state index is 0.255. The number of phenols is 1. The zero-order valence-corrected chi connectivity index (χ0v) is 11.2. The Bertz CT molecular complexity index is 534. The summed E-state index contributed by atoms with van der Waals surface area (Å²) >= 11 is 0. The highest BCUT2D eigenvalue weighted by Crippen LogP contribution is 2.42. The number of hydrogen-bond acceptors (Lipinski definition) is 4. The Hall–Kier alpha value is -1.55. The summed E-state index contributed by atoms with van der Waals surface area (Å²) in [4.78, 5) is 2.57. The van der Waals surface area contributed by atoms with Crippen LogP contribution in [0.5, 0.6) is 5.75 Å². The zero-order chi connectivity index (χ0) is 13.0. The normalized spacial score (nSPS) is 36.3. The molecule has 1 aromatic rings. The highest BCUT2D eigenvalue weighted by Gasteiger charge is 2.48. The molecule has 4 heterocycles. The van der Waals surface area contributed by atoms with E-state index in [-0.39, 0.29) is 6.04 Å². The largest absolute Gasteiger partial charge is 0.508 e. The monoisotopic (exact) mass is 257 g/mol. The highest BCUT2D eigenvalue weighted by atomic mass is 16.3. The summed E-state index contributed by atoms with van der Waals surface area (Å²) in [6.07, 6.45) is 2.52. The summed E-state index contributed by atoms with van der Waals surface area (Å²) in [5.74, 6) is 1.02. The fourth-order valence-corrected chi connectivity index (χ4v) is 3.96. The van der Waals surface area contributed by atoms with E-state index in [1.165, 1.54) is 37.2 Å². The summed E-state index contributed by atoms with van der Waals surface area (Å²) in [5, 5.41) is 16.6. The van der Waals surface area contributed by atoms with E-state index in [0.717, 1.165) is 0 Å². The number of piperidine rings is 3. The molecule has 4 nitrogen and oxygen atoms in total. The Morgan fingerprint density at radius 1 is 1.21 bits per heavy atom. The molecule has 3 saturated heterocycles. The van der Waals surface area contributed by atoms with Gasteiger partial charge in [0.05, 0.1) is 17.8 Å². The van der Waals surface area contributed by atoms with Crippen LogP contribution in [-0.2, 0) is 0 Å². The van der Waals surface area contributed by atoms with E-state index in [9.17, 15) is 5.11 Å². The Morgan fingerprint density at radius 3 is 2.74 bits per heavy atom. The fourth-order valence-electron chi connectivity index (χ4n) is 3.96. The molecular weight excluding hydrogens is 238 g/mol. The van der Waals surface area contributed by atoms with Gasteiger partial charge in [-0.05, 0) is 43.6 Å². The molecule has 2 unspecified atom stereocenters. The van der Waals surface area contributed by atoms with Crippen molar-refractivity contribution in [2.24, 2.45) is 11.0 Å². The third-order valence-corrected chi connectivity index (χ3v) is 4.83. The van der Waals surface area contributed by atoms with Crippen molar-refractivity contribution in [2.75, 3.05) is 20.1 Å². The van der Waals surface area contributed by atoms with Gasteiger partial charge in [-0.3, -0.25) is 9.91 Å². The highest BCUT2D eigenvalue weighted by molar-refractivity contribution is 5.95. The molecule has 4 aliphatic rings. The lowest BCUT2D eigenvalue weighted by Crippen LogP contribution is -2.56. The third kappa shape index (κ3) is 1.59. The number of likely N-dealkylation sites (N-methyl/N-ethyl adjacent to an activating group) is 1. The molecule has 0 amide bonds. The SMILES string of the molecule is CN1N=C2C3CCN(CC3)C2C1c1cccc(O)c1. The zero-order valence-electron chi connectivity index (χ0n) is 11.2. The van der Waals surface area contributed by atoms with E-state index >= 15 is 0 Å². The van der Waals surface area contributed by atoms with Crippen LogP contribution in [0.1, 0.15) is 24.4 Å². The minimum Gasteiger partial charge on any atom is -0.508 e. The molecule has 3 fully saturated rings. The maximum atomic E-state index is 9.72. The summed E-state index contributed by atoms with van der Waals surface area (Å²) in [6, 6.07) is 8.30. The van der Waals surface area contributed by atoms with Crippen molar-refractivity contribution in [1.82, 2.24) is 9.91 Å². The molecular formula is C15H19N3O. The number of nitrogens with zero attached hydrogens (tertiary/aromatic N) is 3. The van der Waals surface area contributed by atoms with Crippen molar-refractivity contribution in [2.45, 2.75) is 24.9 Å². The van der Waals surface area contributed by atoms with Gasteiger partial charge in [-0.25, -0.2) is 0 Å². The van der Waals surface area contributed by atoms with Gasteiger partial charge >= 0.3 is 0 Å². The van der Waals surface area contributed by atoms with E-state index in [4.69, 9.17) is 5.10 Å². The molecule has 5 rings (SSSR count). The Labute approximate surface area is 113 Å². The Balaban J connectivity index is 1.74. The van der Waals surface area contributed by atoms with Gasteiger partial charge < -0.3 is 5.11 Å². The second kappa shape index (κ2) is 3.97. The van der Waals surface area contributed by atoms with Crippen LogP contribution >= 0.6 is 0 Å². The summed E-state index contributed by atoms with van der Waals surface area (Å²) in [5.41, 5.74) is 2.53. The van der Waals surface area contributed by atoms with Crippen LogP contribution in [0.3, 0.4) is 0 Å². The molecule has 0 aliphatic carbocycles. The maximum Gasteiger partial charge on any atom is 0.115 e. The summed E-state index contributed by atoms with van der Waals surface area (Å²) < 4.78 is 0. The summed E-state index contributed by atoms with van der Waals surface area (Å²) in [6.45, 7) is 2.38. The van der Waals surface area contributed by atoms with Gasteiger partial charge in [0.2, 0.25) is 0 Å². The van der Waals surface area contributed by atoms with Crippen LogP contribution in [0.2, 0.25) is 0 Å². The van der Waals surface area contributed by atoms with E-state index in [0.29, 0.717) is 17.7 Å². The van der Waals surface area contributed by atoms with Gasteiger partial charge in [-0.1, -0.05) is 12.1 Å². The lowest BCUT2D eigenvalue weighted by molar-refractivity contribution is 0.106. The van der Waals surface area contributed by atoms with Crippen molar-refractivity contribution >= 4 is 5.71 Å². The van der Waals surface area contributed by atoms with Gasteiger partial charge in [0.1, 0.15) is 5.75 Å². The van der Waals surface area contributed by atoms with Crippen LogP contribution < -0.4 is 0 Å². The van der Waals surface area contributed by atoms with Crippen molar-refractivity contribution in [3.63, 3.8) is 0 Å². The number of hydrogen-bond donors (Lipinski definition) is 1. The predicted octanol–water partition coefficient (Wildman–Crippen LogP) is 1.83. The van der Waals surface area contributed by atoms with Crippen LogP contribution in [0.15, 0.2) is 29.4 Å². The fraction of sp³-hybridized carbons (Fsp3) is 0.533. The standard InChI is InChI=1S/C15H19N3O/c1-17-14(11-3-2-4-12(19)9-11)15-13(16-17)10-5-7-18(15)8-6-10/h2-4,9-10,14-15,19H,5-8H2,1H3. The Morgan fingerprint density at radius 2 is 2.00 bits per heavy atom. The molecule has 2 atom stereocenters. The van der Waals surface area contributed by atoms with Gasteiger partial charge in [0.15, 0.2) is 0 Å². The first-order chi connectivity index (χ1) is 9.24. The molecule has 19 heavy (non-hydrogen) atoms. The minimum absolute atomic E-state index is 0.255. The average Bonchev–Trinajstić information content (AvgIpc) is 2.79. The van der Waals surface area contributed by atoms with E-state index < -0.39 is 0 Å².